The van der Waals surface area contributed by atoms with Gasteiger partial charge < -0.3 is 20.1 Å². The van der Waals surface area contributed by atoms with Crippen molar-refractivity contribution < 1.29 is 28.7 Å². The summed E-state index contributed by atoms with van der Waals surface area (Å²) in [6.45, 7) is 3.14. The van der Waals surface area contributed by atoms with Gasteiger partial charge in [0.15, 0.2) is 6.61 Å². The lowest BCUT2D eigenvalue weighted by Crippen LogP contribution is -2.22. The van der Waals surface area contributed by atoms with Gasteiger partial charge in [0.1, 0.15) is 5.00 Å². The summed E-state index contributed by atoms with van der Waals surface area (Å²) in [4.78, 5) is 50.2. The maximum absolute atomic E-state index is 12.5. The molecule has 0 atom stereocenters. The third kappa shape index (κ3) is 5.53. The highest BCUT2D eigenvalue weighted by molar-refractivity contribution is 7.17. The highest BCUT2D eigenvalue weighted by Gasteiger charge is 2.27. The Morgan fingerprint density at radius 2 is 1.69 bits per heavy atom. The Morgan fingerprint density at radius 3 is 2.44 bits per heavy atom. The van der Waals surface area contributed by atoms with Gasteiger partial charge in [0.2, 0.25) is 5.91 Å². The van der Waals surface area contributed by atoms with Gasteiger partial charge in [0, 0.05) is 11.3 Å². The van der Waals surface area contributed by atoms with E-state index in [1.165, 1.54) is 17.4 Å². The van der Waals surface area contributed by atoms with Crippen molar-refractivity contribution in [2.24, 2.45) is 0 Å². The van der Waals surface area contributed by atoms with Crippen molar-refractivity contribution in [2.75, 3.05) is 23.8 Å². The van der Waals surface area contributed by atoms with Crippen molar-refractivity contribution in [1.29, 1.82) is 0 Å². The van der Waals surface area contributed by atoms with E-state index >= 15 is 0 Å². The van der Waals surface area contributed by atoms with Crippen LogP contribution in [-0.4, -0.2) is 37.0 Å². The van der Waals surface area contributed by atoms with Crippen LogP contribution in [0.4, 0.5) is 10.7 Å². The molecule has 2 N–H and O–H groups in total. The topological polar surface area (TPSA) is 111 Å². The van der Waals surface area contributed by atoms with E-state index in [2.05, 4.69) is 10.6 Å². The lowest BCUT2D eigenvalue weighted by Gasteiger charge is -2.12. The lowest BCUT2D eigenvalue weighted by molar-refractivity contribution is -0.119. The van der Waals surface area contributed by atoms with Crippen molar-refractivity contribution in [1.82, 2.24) is 0 Å². The van der Waals surface area contributed by atoms with Crippen LogP contribution in [0.15, 0.2) is 24.3 Å². The van der Waals surface area contributed by atoms with Gasteiger partial charge in [-0.15, -0.1) is 11.3 Å². The van der Waals surface area contributed by atoms with Gasteiger partial charge in [-0.3, -0.25) is 9.59 Å². The number of carbonyl (C=O) groups excluding carboxylic acids is 4. The number of esters is 2. The van der Waals surface area contributed by atoms with Crippen LogP contribution in [0.25, 0.3) is 0 Å². The molecule has 1 aliphatic carbocycles. The molecular weight excluding hydrogens is 432 g/mol. The second-order valence-electron chi connectivity index (χ2n) is 7.21. The number of ether oxygens (including phenoxy) is 2. The number of hydrogen-bond acceptors (Lipinski definition) is 7. The molecule has 0 radical (unpaired) electrons. The van der Waals surface area contributed by atoms with E-state index in [4.69, 9.17) is 9.47 Å². The first-order chi connectivity index (χ1) is 15.4. The molecule has 8 nitrogen and oxygen atoms in total. The molecular formula is C23H26N2O6S. The summed E-state index contributed by atoms with van der Waals surface area (Å²) >= 11 is 1.37. The molecule has 3 rings (SSSR count). The second kappa shape index (κ2) is 10.9. The summed E-state index contributed by atoms with van der Waals surface area (Å²) in [6.07, 6.45) is 3.91. The van der Waals surface area contributed by atoms with E-state index < -0.39 is 24.5 Å². The molecule has 0 unspecified atom stereocenters. The molecule has 1 heterocycles. The number of aryl methyl sites for hydroxylation is 1. The largest absolute Gasteiger partial charge is 0.462 e. The molecule has 0 saturated heterocycles. The van der Waals surface area contributed by atoms with Crippen LogP contribution in [0.1, 0.15) is 64.3 Å². The molecule has 2 aromatic rings. The van der Waals surface area contributed by atoms with Crippen molar-refractivity contribution in [2.45, 2.75) is 46.0 Å². The Hall–Kier alpha value is -3.20. The van der Waals surface area contributed by atoms with E-state index in [-0.39, 0.29) is 24.5 Å². The predicted octanol–water partition coefficient (Wildman–Crippen LogP) is 3.95. The third-order valence-corrected chi connectivity index (χ3v) is 6.19. The van der Waals surface area contributed by atoms with Crippen molar-refractivity contribution >= 4 is 45.8 Å². The molecule has 1 aromatic heterocycles. The van der Waals surface area contributed by atoms with Crippen LogP contribution in [0.5, 0.6) is 0 Å². The van der Waals surface area contributed by atoms with Gasteiger partial charge in [-0.05, 0) is 50.3 Å². The number of carbonyl (C=O) groups is 4. The van der Waals surface area contributed by atoms with Gasteiger partial charge >= 0.3 is 11.9 Å². The van der Waals surface area contributed by atoms with Crippen LogP contribution in [0, 0.1) is 0 Å². The van der Waals surface area contributed by atoms with E-state index in [1.54, 1.807) is 32.0 Å². The number of hydrogen-bond donors (Lipinski definition) is 2. The number of rotatable bonds is 8. The fraction of sp³-hybridized carbons (Fsp3) is 0.391. The van der Waals surface area contributed by atoms with Gasteiger partial charge in [0.25, 0.3) is 5.91 Å². The van der Waals surface area contributed by atoms with E-state index in [9.17, 15) is 19.2 Å². The van der Waals surface area contributed by atoms with Crippen LogP contribution >= 0.6 is 11.3 Å². The molecule has 0 spiro atoms. The number of amides is 2. The zero-order valence-electron chi connectivity index (χ0n) is 18.1. The average Bonchev–Trinajstić information content (AvgIpc) is 3.15. The molecule has 32 heavy (non-hydrogen) atoms. The summed E-state index contributed by atoms with van der Waals surface area (Å²) in [5, 5.41) is 5.76. The number of thiophene rings is 1. The fourth-order valence-corrected chi connectivity index (χ4v) is 4.75. The van der Waals surface area contributed by atoms with Crippen molar-refractivity contribution in [3.05, 3.63) is 45.8 Å². The van der Waals surface area contributed by atoms with Gasteiger partial charge in [0.05, 0.1) is 23.4 Å². The zero-order chi connectivity index (χ0) is 23.1. The first kappa shape index (κ1) is 23.5. The summed E-state index contributed by atoms with van der Waals surface area (Å²) in [7, 11) is 0. The Bertz CT molecular complexity index is 1030. The molecule has 9 heteroatoms. The third-order valence-electron chi connectivity index (χ3n) is 4.98. The zero-order valence-corrected chi connectivity index (χ0v) is 18.9. The standard InChI is InChI=1S/C23H26N2O6S/c1-3-18(26)24-16-11-7-5-9-14(16)22(28)31-13-19(27)25-21-20(23(29)30-4-2)15-10-6-8-12-17(15)32-21/h5,7,9,11H,3-4,6,8,10,12-13H2,1-2H3,(H,24,26)(H,25,27). The van der Waals surface area contributed by atoms with Crippen LogP contribution in [0.3, 0.4) is 0 Å². The van der Waals surface area contributed by atoms with Gasteiger partial charge in [-0.2, -0.15) is 0 Å². The maximum atomic E-state index is 12.5. The second-order valence-corrected chi connectivity index (χ2v) is 8.31. The normalized spacial score (nSPS) is 12.4. The quantitative estimate of drug-likeness (QED) is 0.580. The number of benzene rings is 1. The molecule has 1 aromatic carbocycles. The van der Waals surface area contributed by atoms with E-state index in [0.717, 1.165) is 36.1 Å². The Balaban J connectivity index is 1.68. The van der Waals surface area contributed by atoms with Crippen LogP contribution in [-0.2, 0) is 31.9 Å². The molecule has 1 aliphatic rings. The van der Waals surface area contributed by atoms with Crippen molar-refractivity contribution in [3.63, 3.8) is 0 Å². The number of anilines is 2. The number of nitrogens with one attached hydrogen (secondary N) is 2. The monoisotopic (exact) mass is 458 g/mol. The first-order valence-corrected chi connectivity index (χ1v) is 11.4. The summed E-state index contributed by atoms with van der Waals surface area (Å²) in [5.74, 6) is -1.99. The lowest BCUT2D eigenvalue weighted by atomic mass is 9.95. The Labute approximate surface area is 190 Å². The van der Waals surface area contributed by atoms with Gasteiger partial charge in [-0.1, -0.05) is 19.1 Å². The number of fused-ring (bicyclic) bond motifs is 1. The van der Waals surface area contributed by atoms with Crippen LogP contribution in [0.2, 0.25) is 0 Å². The maximum Gasteiger partial charge on any atom is 0.341 e. The number of para-hydroxylation sites is 1. The first-order valence-electron chi connectivity index (χ1n) is 10.6. The molecule has 0 fully saturated rings. The minimum absolute atomic E-state index is 0.154. The summed E-state index contributed by atoms with van der Waals surface area (Å²) in [5.41, 5.74) is 1.81. The fourth-order valence-electron chi connectivity index (χ4n) is 3.45. The average molecular weight is 459 g/mol. The Kier molecular flexibility index (Phi) is 7.99. The van der Waals surface area contributed by atoms with E-state index in [0.29, 0.717) is 16.3 Å². The SMILES string of the molecule is CCOC(=O)c1c(NC(=O)COC(=O)c2ccccc2NC(=O)CC)sc2c1CCCC2. The Morgan fingerprint density at radius 1 is 0.938 bits per heavy atom. The summed E-state index contributed by atoms with van der Waals surface area (Å²) in [6, 6.07) is 6.42. The van der Waals surface area contributed by atoms with E-state index in [1.807, 2.05) is 0 Å². The highest BCUT2D eigenvalue weighted by atomic mass is 32.1. The molecule has 0 aliphatic heterocycles. The molecule has 0 bridgehead atoms. The minimum atomic E-state index is -0.733. The molecule has 0 saturated carbocycles. The molecule has 170 valence electrons. The van der Waals surface area contributed by atoms with Gasteiger partial charge in [-0.25, -0.2) is 9.59 Å². The highest BCUT2D eigenvalue weighted by Crippen LogP contribution is 2.38. The van der Waals surface area contributed by atoms with Crippen molar-refractivity contribution in [3.8, 4) is 0 Å². The molecule has 2 amide bonds. The van der Waals surface area contributed by atoms with Crippen LogP contribution < -0.4 is 10.6 Å². The summed E-state index contributed by atoms with van der Waals surface area (Å²) < 4.78 is 10.3. The smallest absolute Gasteiger partial charge is 0.341 e. The predicted molar refractivity (Wildman–Crippen MR) is 121 cm³/mol. The minimum Gasteiger partial charge on any atom is -0.462 e.